The van der Waals surface area contributed by atoms with Crippen LogP contribution in [-0.4, -0.2) is 25.4 Å². The second-order valence-corrected chi connectivity index (χ2v) is 3.47. The molecule has 1 saturated carbocycles. The molecular formula is C8H16O2. The lowest BCUT2D eigenvalue weighted by molar-refractivity contribution is -0.0555. The average Bonchev–Trinajstić information content (AvgIpc) is 2.66. The van der Waals surface area contributed by atoms with Crippen LogP contribution >= 0.6 is 0 Å². The van der Waals surface area contributed by atoms with Gasteiger partial charge in [-0.05, 0) is 26.7 Å². The van der Waals surface area contributed by atoms with Crippen molar-refractivity contribution in [1.82, 2.24) is 0 Å². The predicted octanol–water partition coefficient (Wildman–Crippen LogP) is 1.59. The summed E-state index contributed by atoms with van der Waals surface area (Å²) in [6, 6.07) is 0. The van der Waals surface area contributed by atoms with Crippen molar-refractivity contribution < 1.29 is 9.47 Å². The van der Waals surface area contributed by atoms with E-state index < -0.39 is 0 Å². The predicted molar refractivity (Wildman–Crippen MR) is 40.1 cm³/mol. The summed E-state index contributed by atoms with van der Waals surface area (Å²) in [5.41, 5.74) is -0.109. The zero-order valence-corrected chi connectivity index (χ0v) is 7.02. The first-order valence-electron chi connectivity index (χ1n) is 3.81. The van der Waals surface area contributed by atoms with Gasteiger partial charge in [-0.2, -0.15) is 0 Å². The van der Waals surface area contributed by atoms with Crippen LogP contribution in [0.2, 0.25) is 0 Å². The van der Waals surface area contributed by atoms with Crippen LogP contribution in [-0.2, 0) is 9.47 Å². The van der Waals surface area contributed by atoms with Gasteiger partial charge in [0.15, 0.2) is 0 Å². The maximum absolute atomic E-state index is 5.48. The SMILES string of the molecule is COC(C)(C)COC1CC1. The minimum Gasteiger partial charge on any atom is -0.376 e. The van der Waals surface area contributed by atoms with Crippen molar-refractivity contribution in [3.05, 3.63) is 0 Å². The van der Waals surface area contributed by atoms with E-state index in [1.807, 2.05) is 13.8 Å². The molecule has 1 aliphatic rings. The minimum absolute atomic E-state index is 0.109. The van der Waals surface area contributed by atoms with E-state index in [2.05, 4.69) is 0 Å². The molecule has 0 aromatic heterocycles. The molecule has 0 amide bonds. The molecule has 0 aromatic rings. The monoisotopic (exact) mass is 144 g/mol. The van der Waals surface area contributed by atoms with Gasteiger partial charge >= 0.3 is 0 Å². The molecule has 0 bridgehead atoms. The fourth-order valence-electron chi connectivity index (χ4n) is 0.612. The van der Waals surface area contributed by atoms with Crippen LogP contribution < -0.4 is 0 Å². The van der Waals surface area contributed by atoms with Crippen molar-refractivity contribution in [3.63, 3.8) is 0 Å². The van der Waals surface area contributed by atoms with Crippen LogP contribution in [0.15, 0.2) is 0 Å². The molecular weight excluding hydrogens is 128 g/mol. The molecule has 0 unspecified atom stereocenters. The lowest BCUT2D eigenvalue weighted by Gasteiger charge is -2.22. The van der Waals surface area contributed by atoms with E-state index in [0.717, 1.165) is 0 Å². The first kappa shape index (κ1) is 8.02. The molecule has 0 aliphatic heterocycles. The van der Waals surface area contributed by atoms with Gasteiger partial charge < -0.3 is 9.47 Å². The Morgan fingerprint density at radius 1 is 1.40 bits per heavy atom. The molecule has 0 atom stereocenters. The van der Waals surface area contributed by atoms with Gasteiger partial charge in [-0.25, -0.2) is 0 Å². The first-order chi connectivity index (χ1) is 4.64. The molecule has 0 aromatic carbocycles. The quantitative estimate of drug-likeness (QED) is 0.596. The number of methoxy groups -OCH3 is 1. The van der Waals surface area contributed by atoms with E-state index in [0.29, 0.717) is 12.7 Å². The van der Waals surface area contributed by atoms with Gasteiger partial charge in [-0.1, -0.05) is 0 Å². The number of rotatable bonds is 4. The number of hydrogen-bond acceptors (Lipinski definition) is 2. The number of hydrogen-bond donors (Lipinski definition) is 0. The molecule has 0 saturated heterocycles. The largest absolute Gasteiger partial charge is 0.376 e. The van der Waals surface area contributed by atoms with Gasteiger partial charge in [-0.3, -0.25) is 0 Å². The smallest absolute Gasteiger partial charge is 0.0855 e. The van der Waals surface area contributed by atoms with E-state index in [-0.39, 0.29) is 5.60 Å². The second-order valence-electron chi connectivity index (χ2n) is 3.47. The minimum atomic E-state index is -0.109. The Morgan fingerprint density at radius 3 is 2.40 bits per heavy atom. The second kappa shape index (κ2) is 2.89. The Kier molecular flexibility index (Phi) is 2.32. The summed E-state index contributed by atoms with van der Waals surface area (Å²) in [6.45, 7) is 4.79. The lowest BCUT2D eigenvalue weighted by atomic mass is 10.1. The fraction of sp³-hybridized carbons (Fsp3) is 1.00. The maximum Gasteiger partial charge on any atom is 0.0855 e. The van der Waals surface area contributed by atoms with Crippen molar-refractivity contribution in [2.24, 2.45) is 0 Å². The van der Waals surface area contributed by atoms with Crippen molar-refractivity contribution in [2.45, 2.75) is 38.4 Å². The van der Waals surface area contributed by atoms with Gasteiger partial charge in [0.25, 0.3) is 0 Å². The highest BCUT2D eigenvalue weighted by atomic mass is 16.5. The molecule has 10 heavy (non-hydrogen) atoms. The van der Waals surface area contributed by atoms with Crippen molar-refractivity contribution >= 4 is 0 Å². The Labute approximate surface area is 62.5 Å². The molecule has 0 spiro atoms. The Balaban J connectivity index is 2.09. The molecule has 0 radical (unpaired) electrons. The van der Waals surface area contributed by atoms with E-state index in [1.54, 1.807) is 7.11 Å². The fourth-order valence-corrected chi connectivity index (χ4v) is 0.612. The summed E-state index contributed by atoms with van der Waals surface area (Å²) in [5.74, 6) is 0. The van der Waals surface area contributed by atoms with Gasteiger partial charge in [0, 0.05) is 7.11 Å². The van der Waals surface area contributed by atoms with Crippen LogP contribution in [0.5, 0.6) is 0 Å². The third-order valence-electron chi connectivity index (χ3n) is 1.74. The van der Waals surface area contributed by atoms with Gasteiger partial charge in [-0.15, -0.1) is 0 Å². The third kappa shape index (κ3) is 2.67. The topological polar surface area (TPSA) is 18.5 Å². The van der Waals surface area contributed by atoms with Crippen molar-refractivity contribution in [2.75, 3.05) is 13.7 Å². The molecule has 60 valence electrons. The van der Waals surface area contributed by atoms with E-state index in [9.17, 15) is 0 Å². The van der Waals surface area contributed by atoms with E-state index in [1.165, 1.54) is 12.8 Å². The highest BCUT2D eigenvalue weighted by Crippen LogP contribution is 2.25. The molecule has 0 N–H and O–H groups in total. The highest BCUT2D eigenvalue weighted by molar-refractivity contribution is 4.76. The summed E-state index contributed by atoms with van der Waals surface area (Å²) in [6.07, 6.45) is 3.01. The molecule has 1 aliphatic carbocycles. The van der Waals surface area contributed by atoms with Crippen LogP contribution in [0.4, 0.5) is 0 Å². The van der Waals surface area contributed by atoms with Crippen molar-refractivity contribution in [3.8, 4) is 0 Å². The molecule has 0 heterocycles. The Bertz CT molecular complexity index is 106. The standard InChI is InChI=1S/C8H16O2/c1-8(2,9-3)6-10-7-4-5-7/h7H,4-6H2,1-3H3. The summed E-state index contributed by atoms with van der Waals surface area (Å²) in [7, 11) is 1.72. The van der Waals surface area contributed by atoms with Gasteiger partial charge in [0.2, 0.25) is 0 Å². The average molecular weight is 144 g/mol. The molecule has 1 fully saturated rings. The van der Waals surface area contributed by atoms with Crippen LogP contribution in [0, 0.1) is 0 Å². The zero-order valence-electron chi connectivity index (χ0n) is 7.02. The first-order valence-corrected chi connectivity index (χ1v) is 3.81. The Morgan fingerprint density at radius 2 is 2.00 bits per heavy atom. The summed E-state index contributed by atoms with van der Waals surface area (Å²) in [4.78, 5) is 0. The van der Waals surface area contributed by atoms with Crippen LogP contribution in [0.3, 0.4) is 0 Å². The molecule has 2 heteroatoms. The van der Waals surface area contributed by atoms with E-state index >= 15 is 0 Å². The van der Waals surface area contributed by atoms with Crippen molar-refractivity contribution in [1.29, 1.82) is 0 Å². The molecule has 1 rings (SSSR count). The van der Waals surface area contributed by atoms with Crippen LogP contribution in [0.1, 0.15) is 26.7 Å². The Hall–Kier alpha value is -0.0800. The zero-order chi connectivity index (χ0) is 7.61. The van der Waals surface area contributed by atoms with Gasteiger partial charge in [0.05, 0.1) is 18.3 Å². The summed E-state index contributed by atoms with van der Waals surface area (Å²) < 4.78 is 10.7. The van der Waals surface area contributed by atoms with Crippen LogP contribution in [0.25, 0.3) is 0 Å². The van der Waals surface area contributed by atoms with E-state index in [4.69, 9.17) is 9.47 Å². The highest BCUT2D eigenvalue weighted by Gasteiger charge is 2.26. The normalized spacial score (nSPS) is 19.5. The third-order valence-corrected chi connectivity index (χ3v) is 1.74. The number of ether oxygens (including phenoxy) is 2. The summed E-state index contributed by atoms with van der Waals surface area (Å²) >= 11 is 0. The van der Waals surface area contributed by atoms with Gasteiger partial charge in [0.1, 0.15) is 0 Å². The summed E-state index contributed by atoms with van der Waals surface area (Å²) in [5, 5.41) is 0. The maximum atomic E-state index is 5.48. The lowest BCUT2D eigenvalue weighted by Crippen LogP contribution is -2.29. The molecule has 2 nitrogen and oxygen atoms in total.